The van der Waals surface area contributed by atoms with E-state index in [2.05, 4.69) is 6.92 Å². The van der Waals surface area contributed by atoms with Gasteiger partial charge in [0.1, 0.15) is 0 Å². The van der Waals surface area contributed by atoms with Gasteiger partial charge in [0.2, 0.25) is 11.6 Å². The summed E-state index contributed by atoms with van der Waals surface area (Å²) in [7, 11) is 0. The molecule has 2 aromatic carbocycles. The minimum atomic E-state index is -1.27. The molecule has 4 atom stereocenters. The Hall–Kier alpha value is -2.24. The molecule has 3 aliphatic carbocycles. The van der Waals surface area contributed by atoms with Crippen molar-refractivity contribution in [3.05, 3.63) is 47.5 Å². The molecular formula is C33H42F4O2. The molecule has 0 radical (unpaired) electrons. The third-order valence-electron chi connectivity index (χ3n) is 10.1. The van der Waals surface area contributed by atoms with E-state index < -0.39 is 23.3 Å². The Kier molecular flexibility index (Phi) is 9.08. The summed E-state index contributed by atoms with van der Waals surface area (Å²) in [5.74, 6) is -0.589. The SMILES string of the molecule is CCOc1ccc(-c2ccc(OCC3CCC(C4CCC5CC(CC)CCC5C4)CC3)c(F)c2F)c(F)c1F. The highest BCUT2D eigenvalue weighted by atomic mass is 19.2. The van der Waals surface area contributed by atoms with Gasteiger partial charge < -0.3 is 9.47 Å². The normalized spacial score (nSPS) is 29.1. The van der Waals surface area contributed by atoms with E-state index in [1.54, 1.807) is 6.92 Å². The van der Waals surface area contributed by atoms with Crippen LogP contribution in [-0.4, -0.2) is 13.2 Å². The predicted octanol–water partition coefficient (Wildman–Crippen LogP) is 9.74. The van der Waals surface area contributed by atoms with Crippen LogP contribution >= 0.6 is 0 Å². The van der Waals surface area contributed by atoms with Gasteiger partial charge >= 0.3 is 0 Å². The number of rotatable bonds is 8. The molecule has 2 aromatic rings. The number of ether oxygens (including phenoxy) is 2. The third-order valence-corrected chi connectivity index (χ3v) is 10.1. The molecule has 0 saturated heterocycles. The highest BCUT2D eigenvalue weighted by Crippen LogP contribution is 2.49. The van der Waals surface area contributed by atoms with Crippen LogP contribution in [0.25, 0.3) is 11.1 Å². The molecule has 39 heavy (non-hydrogen) atoms. The van der Waals surface area contributed by atoms with Crippen molar-refractivity contribution in [3.63, 3.8) is 0 Å². The molecule has 0 amide bonds. The average molecular weight is 547 g/mol. The molecule has 3 aliphatic rings. The van der Waals surface area contributed by atoms with E-state index in [4.69, 9.17) is 9.47 Å². The third kappa shape index (κ3) is 6.10. The fraction of sp³-hybridized carbons (Fsp3) is 0.636. The molecule has 0 aliphatic heterocycles. The summed E-state index contributed by atoms with van der Waals surface area (Å²) >= 11 is 0. The van der Waals surface area contributed by atoms with Crippen LogP contribution in [-0.2, 0) is 0 Å². The van der Waals surface area contributed by atoms with Crippen LogP contribution in [0.1, 0.15) is 84.5 Å². The van der Waals surface area contributed by atoms with Gasteiger partial charge in [-0.2, -0.15) is 8.78 Å². The van der Waals surface area contributed by atoms with Crippen LogP contribution < -0.4 is 9.47 Å². The van der Waals surface area contributed by atoms with Crippen LogP contribution in [0.2, 0.25) is 0 Å². The number of fused-ring (bicyclic) bond motifs is 1. The lowest BCUT2D eigenvalue weighted by Gasteiger charge is -2.45. The zero-order chi connectivity index (χ0) is 27.5. The van der Waals surface area contributed by atoms with Crippen molar-refractivity contribution >= 4 is 0 Å². The topological polar surface area (TPSA) is 18.5 Å². The molecule has 2 nitrogen and oxygen atoms in total. The summed E-state index contributed by atoms with van der Waals surface area (Å²) in [4.78, 5) is 0. The van der Waals surface area contributed by atoms with E-state index in [-0.39, 0.29) is 29.2 Å². The van der Waals surface area contributed by atoms with Gasteiger partial charge in [0, 0.05) is 11.1 Å². The predicted molar refractivity (Wildman–Crippen MR) is 146 cm³/mol. The highest BCUT2D eigenvalue weighted by Gasteiger charge is 2.38. The number of hydrogen-bond donors (Lipinski definition) is 0. The fourth-order valence-corrected chi connectivity index (χ4v) is 7.71. The monoisotopic (exact) mass is 546 g/mol. The molecule has 0 spiro atoms. The molecule has 3 fully saturated rings. The Morgan fingerprint density at radius 3 is 1.64 bits per heavy atom. The van der Waals surface area contributed by atoms with Gasteiger partial charge in [-0.25, -0.2) is 8.78 Å². The van der Waals surface area contributed by atoms with Gasteiger partial charge in [0.15, 0.2) is 23.1 Å². The summed E-state index contributed by atoms with van der Waals surface area (Å²) in [6.07, 6.45) is 14.3. The average Bonchev–Trinajstić information content (AvgIpc) is 2.96. The van der Waals surface area contributed by atoms with Gasteiger partial charge in [0.05, 0.1) is 13.2 Å². The number of halogens is 4. The summed E-state index contributed by atoms with van der Waals surface area (Å²) in [5, 5.41) is 0. The fourth-order valence-electron chi connectivity index (χ4n) is 7.71. The van der Waals surface area contributed by atoms with Crippen molar-refractivity contribution in [2.24, 2.45) is 35.5 Å². The van der Waals surface area contributed by atoms with E-state index >= 15 is 0 Å². The van der Waals surface area contributed by atoms with Crippen molar-refractivity contribution < 1.29 is 27.0 Å². The van der Waals surface area contributed by atoms with Gasteiger partial charge in [-0.05, 0) is 124 Å². The van der Waals surface area contributed by atoms with E-state index in [0.29, 0.717) is 12.5 Å². The van der Waals surface area contributed by atoms with Gasteiger partial charge in [-0.3, -0.25) is 0 Å². The first-order valence-electron chi connectivity index (χ1n) is 15.1. The molecule has 4 unspecified atom stereocenters. The van der Waals surface area contributed by atoms with E-state index in [0.717, 1.165) is 42.4 Å². The Labute approximate surface area is 230 Å². The summed E-state index contributed by atoms with van der Waals surface area (Å²) in [5.41, 5.74) is -0.706. The number of hydrogen-bond acceptors (Lipinski definition) is 2. The highest BCUT2D eigenvalue weighted by molar-refractivity contribution is 5.67. The minimum absolute atomic E-state index is 0.160. The molecule has 3 saturated carbocycles. The minimum Gasteiger partial charge on any atom is -0.491 e. The second kappa shape index (κ2) is 12.5. The van der Waals surface area contributed by atoms with Crippen LogP contribution in [0.3, 0.4) is 0 Å². The Balaban J connectivity index is 1.14. The summed E-state index contributed by atoms with van der Waals surface area (Å²) < 4.78 is 69.4. The Bertz CT molecular complexity index is 1130. The quantitative estimate of drug-likeness (QED) is 0.307. The second-order valence-corrected chi connectivity index (χ2v) is 12.2. The summed E-state index contributed by atoms with van der Waals surface area (Å²) in [6, 6.07) is 4.97. The van der Waals surface area contributed by atoms with E-state index in [9.17, 15) is 17.6 Å². The molecule has 214 valence electrons. The maximum atomic E-state index is 14.9. The Morgan fingerprint density at radius 1 is 0.564 bits per heavy atom. The molecule has 0 bridgehead atoms. The van der Waals surface area contributed by atoms with Crippen LogP contribution in [0.5, 0.6) is 11.5 Å². The van der Waals surface area contributed by atoms with Gasteiger partial charge in [0.25, 0.3) is 0 Å². The van der Waals surface area contributed by atoms with Crippen LogP contribution in [0.4, 0.5) is 17.6 Å². The first-order valence-corrected chi connectivity index (χ1v) is 15.1. The number of benzene rings is 2. The maximum absolute atomic E-state index is 14.9. The van der Waals surface area contributed by atoms with Crippen molar-refractivity contribution in [1.29, 1.82) is 0 Å². The lowest BCUT2D eigenvalue weighted by molar-refractivity contribution is 0.0554. The maximum Gasteiger partial charge on any atom is 0.201 e. The lowest BCUT2D eigenvalue weighted by Crippen LogP contribution is -2.34. The van der Waals surface area contributed by atoms with Gasteiger partial charge in [-0.15, -0.1) is 0 Å². The van der Waals surface area contributed by atoms with Crippen molar-refractivity contribution in [3.8, 4) is 22.6 Å². The van der Waals surface area contributed by atoms with Crippen molar-refractivity contribution in [2.45, 2.75) is 84.5 Å². The largest absolute Gasteiger partial charge is 0.491 e. The zero-order valence-corrected chi connectivity index (χ0v) is 23.3. The molecule has 0 aromatic heterocycles. The molecular weight excluding hydrogens is 504 g/mol. The molecule has 5 rings (SSSR count). The zero-order valence-electron chi connectivity index (χ0n) is 23.3. The molecule has 0 heterocycles. The van der Waals surface area contributed by atoms with Crippen LogP contribution in [0, 0.1) is 58.8 Å². The standard InChI is InChI=1S/C33H42F4O2/c1-3-20-5-10-25-18-24(12-11-23(25)17-20)22-8-6-21(7-9-22)19-39-29-16-14-27(31(35)33(29)37)26-13-15-28(38-4-2)32(36)30(26)34/h13-16,20-25H,3-12,17-19H2,1-2H3. The van der Waals surface area contributed by atoms with E-state index in [1.807, 2.05) is 0 Å². The Morgan fingerprint density at radius 2 is 1.05 bits per heavy atom. The second-order valence-electron chi connectivity index (χ2n) is 12.2. The smallest absolute Gasteiger partial charge is 0.201 e. The van der Waals surface area contributed by atoms with E-state index in [1.165, 1.54) is 82.1 Å². The van der Waals surface area contributed by atoms with Crippen molar-refractivity contribution in [1.82, 2.24) is 0 Å². The summed E-state index contributed by atoms with van der Waals surface area (Å²) in [6.45, 7) is 4.48. The lowest BCUT2D eigenvalue weighted by atomic mass is 9.61. The molecule has 0 N–H and O–H groups in total. The van der Waals surface area contributed by atoms with Crippen molar-refractivity contribution in [2.75, 3.05) is 13.2 Å². The first-order chi connectivity index (χ1) is 18.9. The molecule has 6 heteroatoms. The first kappa shape index (κ1) is 28.3. The van der Waals surface area contributed by atoms with Gasteiger partial charge in [-0.1, -0.05) is 19.8 Å². The van der Waals surface area contributed by atoms with Crippen LogP contribution in [0.15, 0.2) is 24.3 Å².